The van der Waals surface area contributed by atoms with E-state index in [1.54, 1.807) is 24.3 Å². The first-order chi connectivity index (χ1) is 13.9. The first kappa shape index (κ1) is 22.3. The summed E-state index contributed by atoms with van der Waals surface area (Å²) in [5.74, 6) is 0.762. The van der Waals surface area contributed by atoms with Crippen LogP contribution in [-0.2, 0) is 4.79 Å². The van der Waals surface area contributed by atoms with Gasteiger partial charge in [0.05, 0.1) is 6.10 Å². The smallest absolute Gasteiger partial charge is 0.276 e. The van der Waals surface area contributed by atoms with Crippen LogP contribution >= 0.6 is 0 Å². The first-order valence-corrected chi connectivity index (χ1v) is 10.0. The molecule has 0 aliphatic rings. The Hall–Kier alpha value is -3.02. The molecule has 156 valence electrons. The summed E-state index contributed by atoms with van der Waals surface area (Å²) in [5, 5.41) is 0. The van der Waals surface area contributed by atoms with Crippen LogP contribution in [0.4, 0.5) is 0 Å². The van der Waals surface area contributed by atoms with Crippen molar-refractivity contribution in [2.75, 3.05) is 6.61 Å². The molecule has 2 N–H and O–H groups in total. The molecule has 0 bridgehead atoms. The fraction of sp³-hybridized carbons (Fsp3) is 0.391. The van der Waals surface area contributed by atoms with Gasteiger partial charge in [-0.25, -0.2) is 0 Å². The van der Waals surface area contributed by atoms with Gasteiger partial charge in [0.15, 0.2) is 6.61 Å². The van der Waals surface area contributed by atoms with E-state index in [1.807, 2.05) is 38.1 Å². The minimum absolute atomic E-state index is 0.0588. The Morgan fingerprint density at radius 1 is 0.966 bits per heavy atom. The van der Waals surface area contributed by atoms with Crippen LogP contribution in [0.1, 0.15) is 62.4 Å². The summed E-state index contributed by atoms with van der Waals surface area (Å²) in [5.41, 5.74) is 6.24. The maximum absolute atomic E-state index is 12.3. The Labute approximate surface area is 172 Å². The number of benzene rings is 2. The summed E-state index contributed by atoms with van der Waals surface area (Å²) in [6.07, 6.45) is 1.90. The van der Waals surface area contributed by atoms with Crippen molar-refractivity contribution in [3.63, 3.8) is 0 Å². The molecule has 2 aromatic carbocycles. The number of hydrogen-bond donors (Lipinski definition) is 2. The van der Waals surface area contributed by atoms with Crippen LogP contribution in [0.25, 0.3) is 0 Å². The number of nitrogens with one attached hydrogen (secondary N) is 2. The van der Waals surface area contributed by atoms with Crippen molar-refractivity contribution in [2.24, 2.45) is 0 Å². The lowest BCUT2D eigenvalue weighted by atomic mass is 9.98. The molecule has 29 heavy (non-hydrogen) atoms. The third-order valence-electron chi connectivity index (χ3n) is 4.74. The summed E-state index contributed by atoms with van der Waals surface area (Å²) in [6, 6.07) is 14.5. The van der Waals surface area contributed by atoms with Crippen LogP contribution in [0.15, 0.2) is 48.5 Å². The molecule has 0 radical (unpaired) electrons. The number of carbonyl (C=O) groups excluding carboxylic acids is 2. The maximum Gasteiger partial charge on any atom is 0.276 e. The van der Waals surface area contributed by atoms with Crippen LogP contribution in [0.2, 0.25) is 0 Å². The van der Waals surface area contributed by atoms with Crippen LogP contribution in [0, 0.1) is 0 Å². The van der Waals surface area contributed by atoms with Gasteiger partial charge in [-0.1, -0.05) is 45.0 Å². The van der Waals surface area contributed by atoms with Gasteiger partial charge in [0.1, 0.15) is 11.5 Å². The van der Waals surface area contributed by atoms with Gasteiger partial charge in [0.25, 0.3) is 11.8 Å². The second kappa shape index (κ2) is 11.1. The van der Waals surface area contributed by atoms with E-state index < -0.39 is 11.8 Å². The predicted molar refractivity (Wildman–Crippen MR) is 113 cm³/mol. The average molecular weight is 399 g/mol. The fourth-order valence-corrected chi connectivity index (χ4v) is 2.64. The summed E-state index contributed by atoms with van der Waals surface area (Å²) in [7, 11) is 0. The molecule has 2 amide bonds. The van der Waals surface area contributed by atoms with Gasteiger partial charge in [-0.3, -0.25) is 20.4 Å². The zero-order valence-corrected chi connectivity index (χ0v) is 17.5. The van der Waals surface area contributed by atoms with Crippen molar-refractivity contribution in [3.05, 3.63) is 59.7 Å². The lowest BCUT2D eigenvalue weighted by Crippen LogP contribution is -2.43. The third-order valence-corrected chi connectivity index (χ3v) is 4.74. The van der Waals surface area contributed by atoms with Crippen molar-refractivity contribution >= 4 is 11.8 Å². The zero-order chi connectivity index (χ0) is 21.2. The van der Waals surface area contributed by atoms with Crippen molar-refractivity contribution in [1.82, 2.24) is 10.9 Å². The number of carbonyl (C=O) groups is 2. The summed E-state index contributed by atoms with van der Waals surface area (Å²) < 4.78 is 11.4. The molecular weight excluding hydrogens is 368 g/mol. The van der Waals surface area contributed by atoms with E-state index in [2.05, 4.69) is 24.7 Å². The predicted octanol–water partition coefficient (Wildman–Crippen LogP) is 4.22. The molecule has 0 spiro atoms. The van der Waals surface area contributed by atoms with E-state index >= 15 is 0 Å². The molecule has 0 saturated carbocycles. The molecule has 2 atom stereocenters. The monoisotopic (exact) mass is 398 g/mol. The van der Waals surface area contributed by atoms with E-state index in [0.717, 1.165) is 18.4 Å². The van der Waals surface area contributed by atoms with Crippen LogP contribution in [0.3, 0.4) is 0 Å². The molecule has 0 saturated heterocycles. The molecule has 2 aromatic rings. The molecule has 2 rings (SSSR count). The second-order valence-electron chi connectivity index (χ2n) is 7.00. The summed E-state index contributed by atoms with van der Waals surface area (Å²) in [6.45, 7) is 8.02. The Morgan fingerprint density at radius 2 is 1.72 bits per heavy atom. The third kappa shape index (κ3) is 6.82. The van der Waals surface area contributed by atoms with E-state index in [-0.39, 0.29) is 12.7 Å². The quantitative estimate of drug-likeness (QED) is 0.620. The molecule has 6 heteroatoms. The molecule has 0 aromatic heterocycles. The Kier molecular flexibility index (Phi) is 8.52. The van der Waals surface area contributed by atoms with Gasteiger partial charge in [-0.05, 0) is 55.5 Å². The lowest BCUT2D eigenvalue weighted by Gasteiger charge is -2.16. The van der Waals surface area contributed by atoms with Gasteiger partial charge in [-0.15, -0.1) is 0 Å². The van der Waals surface area contributed by atoms with Gasteiger partial charge in [-0.2, -0.15) is 0 Å². The van der Waals surface area contributed by atoms with E-state index in [0.29, 0.717) is 23.0 Å². The van der Waals surface area contributed by atoms with Crippen molar-refractivity contribution in [3.8, 4) is 11.5 Å². The first-order valence-electron chi connectivity index (χ1n) is 10.0. The largest absolute Gasteiger partial charge is 0.491 e. The van der Waals surface area contributed by atoms with Gasteiger partial charge >= 0.3 is 0 Å². The van der Waals surface area contributed by atoms with Gasteiger partial charge < -0.3 is 9.47 Å². The fourth-order valence-electron chi connectivity index (χ4n) is 2.64. The SMILES string of the molecule is CCC(C)Oc1cccc(C(=O)NNC(=O)COc2ccccc2C(C)CC)c1. The van der Waals surface area contributed by atoms with Crippen LogP contribution in [0.5, 0.6) is 11.5 Å². The lowest BCUT2D eigenvalue weighted by molar-refractivity contribution is -0.123. The van der Waals surface area contributed by atoms with Gasteiger partial charge in [0.2, 0.25) is 0 Å². The Balaban J connectivity index is 1.87. The Bertz CT molecular complexity index is 822. The molecule has 6 nitrogen and oxygen atoms in total. The average Bonchev–Trinajstić information content (AvgIpc) is 2.75. The standard InChI is InChI=1S/C23H30N2O4/c1-5-16(3)20-12-7-8-13-21(20)28-15-22(26)24-25-23(27)18-10-9-11-19(14-18)29-17(4)6-2/h7-14,16-17H,5-6,15H2,1-4H3,(H,24,26)(H,25,27). The summed E-state index contributed by atoms with van der Waals surface area (Å²) in [4.78, 5) is 24.4. The number of rotatable bonds is 9. The highest BCUT2D eigenvalue weighted by molar-refractivity contribution is 5.95. The number of amides is 2. The maximum atomic E-state index is 12.3. The molecule has 0 fully saturated rings. The highest BCUT2D eigenvalue weighted by Crippen LogP contribution is 2.28. The number of ether oxygens (including phenoxy) is 2. The molecule has 0 aliphatic heterocycles. The molecule has 0 aliphatic carbocycles. The van der Waals surface area contributed by atoms with E-state index in [4.69, 9.17) is 9.47 Å². The molecular formula is C23H30N2O4. The van der Waals surface area contributed by atoms with Crippen molar-refractivity contribution in [2.45, 2.75) is 52.6 Å². The van der Waals surface area contributed by atoms with Crippen molar-refractivity contribution < 1.29 is 19.1 Å². The number of hydrazine groups is 1. The zero-order valence-electron chi connectivity index (χ0n) is 17.5. The highest BCUT2D eigenvalue weighted by atomic mass is 16.5. The number of para-hydroxylation sites is 1. The second-order valence-corrected chi connectivity index (χ2v) is 7.00. The normalized spacial score (nSPS) is 12.6. The molecule has 2 unspecified atom stereocenters. The Morgan fingerprint density at radius 3 is 2.45 bits per heavy atom. The van der Waals surface area contributed by atoms with Crippen LogP contribution < -0.4 is 20.3 Å². The van der Waals surface area contributed by atoms with Crippen LogP contribution in [-0.4, -0.2) is 24.5 Å². The van der Waals surface area contributed by atoms with E-state index in [1.165, 1.54) is 0 Å². The minimum atomic E-state index is -0.440. The summed E-state index contributed by atoms with van der Waals surface area (Å²) >= 11 is 0. The molecule has 0 heterocycles. The highest BCUT2D eigenvalue weighted by Gasteiger charge is 2.13. The topological polar surface area (TPSA) is 76.7 Å². The van der Waals surface area contributed by atoms with E-state index in [9.17, 15) is 9.59 Å². The van der Waals surface area contributed by atoms with Crippen molar-refractivity contribution in [1.29, 1.82) is 0 Å². The van der Waals surface area contributed by atoms with Gasteiger partial charge in [0, 0.05) is 5.56 Å². The minimum Gasteiger partial charge on any atom is -0.491 e. The number of hydrogen-bond acceptors (Lipinski definition) is 4.